The summed E-state index contributed by atoms with van der Waals surface area (Å²) >= 11 is 0. The maximum atomic E-state index is 12.4. The number of amides is 1. The van der Waals surface area contributed by atoms with E-state index in [-0.39, 0.29) is 11.8 Å². The van der Waals surface area contributed by atoms with Gasteiger partial charge in [0, 0.05) is 19.0 Å². The number of anilines is 2. The molecular formula is C17H23N3O2. The molecule has 3 unspecified atom stereocenters. The molecule has 0 aromatic carbocycles. The Hall–Kier alpha value is -1.62. The Morgan fingerprint density at radius 1 is 1.23 bits per heavy atom. The van der Waals surface area contributed by atoms with Crippen LogP contribution in [0.1, 0.15) is 25.7 Å². The molecule has 2 saturated carbocycles. The molecular weight excluding hydrogens is 278 g/mol. The lowest BCUT2D eigenvalue weighted by molar-refractivity contribution is -0.121. The van der Waals surface area contributed by atoms with E-state index in [1.807, 2.05) is 12.1 Å². The van der Waals surface area contributed by atoms with Gasteiger partial charge in [-0.15, -0.1) is 0 Å². The molecule has 1 saturated heterocycles. The van der Waals surface area contributed by atoms with Gasteiger partial charge in [-0.05, 0) is 43.2 Å². The van der Waals surface area contributed by atoms with E-state index in [4.69, 9.17) is 4.74 Å². The van der Waals surface area contributed by atoms with E-state index >= 15 is 0 Å². The van der Waals surface area contributed by atoms with Crippen LogP contribution in [0.3, 0.4) is 0 Å². The molecule has 1 aromatic rings. The van der Waals surface area contributed by atoms with Crippen molar-refractivity contribution < 1.29 is 9.53 Å². The number of ether oxygens (including phenoxy) is 1. The number of carbonyl (C=O) groups excluding carboxylic acids is 1. The summed E-state index contributed by atoms with van der Waals surface area (Å²) in [4.78, 5) is 19.1. The molecule has 2 heterocycles. The summed E-state index contributed by atoms with van der Waals surface area (Å²) in [5.74, 6) is 2.78. The predicted molar refractivity (Wildman–Crippen MR) is 84.8 cm³/mol. The molecule has 0 spiro atoms. The van der Waals surface area contributed by atoms with E-state index < -0.39 is 0 Å². The largest absolute Gasteiger partial charge is 0.378 e. The molecule has 1 N–H and O–H groups in total. The van der Waals surface area contributed by atoms with Crippen LogP contribution < -0.4 is 10.2 Å². The minimum absolute atomic E-state index is 0.188. The molecule has 5 heteroatoms. The van der Waals surface area contributed by atoms with Crippen molar-refractivity contribution in [2.45, 2.75) is 25.7 Å². The first-order valence-electron chi connectivity index (χ1n) is 8.39. The van der Waals surface area contributed by atoms with Crippen molar-refractivity contribution in [2.24, 2.45) is 17.8 Å². The molecule has 118 valence electrons. The Morgan fingerprint density at radius 3 is 2.73 bits per heavy atom. The Kier molecular flexibility index (Phi) is 3.74. The van der Waals surface area contributed by atoms with E-state index in [1.165, 1.54) is 19.3 Å². The molecule has 2 aliphatic carbocycles. The summed E-state index contributed by atoms with van der Waals surface area (Å²) in [5.41, 5.74) is 0.810. The van der Waals surface area contributed by atoms with Gasteiger partial charge < -0.3 is 15.0 Å². The van der Waals surface area contributed by atoms with Gasteiger partial charge in [0.05, 0.1) is 25.1 Å². The number of hydrogen-bond acceptors (Lipinski definition) is 4. The maximum absolute atomic E-state index is 12.4. The number of rotatable bonds is 3. The fraction of sp³-hybridized carbons (Fsp3) is 0.647. The van der Waals surface area contributed by atoms with Crippen molar-refractivity contribution in [1.82, 2.24) is 4.98 Å². The second-order valence-electron chi connectivity index (χ2n) is 6.78. The molecule has 1 aromatic heterocycles. The summed E-state index contributed by atoms with van der Waals surface area (Å²) in [6, 6.07) is 3.95. The quantitative estimate of drug-likeness (QED) is 0.930. The monoisotopic (exact) mass is 301 g/mol. The number of aromatic nitrogens is 1. The predicted octanol–water partition coefficient (Wildman–Crippen LogP) is 2.29. The lowest BCUT2D eigenvalue weighted by Gasteiger charge is -2.27. The van der Waals surface area contributed by atoms with Crippen LogP contribution in [-0.4, -0.2) is 37.2 Å². The third kappa shape index (κ3) is 2.70. The normalized spacial score (nSPS) is 30.5. The minimum Gasteiger partial charge on any atom is -0.378 e. The highest BCUT2D eigenvalue weighted by molar-refractivity contribution is 5.93. The van der Waals surface area contributed by atoms with Crippen molar-refractivity contribution in [3.8, 4) is 0 Å². The van der Waals surface area contributed by atoms with Gasteiger partial charge in [-0.1, -0.05) is 6.42 Å². The molecule has 3 atom stereocenters. The lowest BCUT2D eigenvalue weighted by atomic mass is 9.88. The fourth-order valence-electron chi connectivity index (χ4n) is 4.24. The van der Waals surface area contributed by atoms with Crippen LogP contribution in [0.4, 0.5) is 11.5 Å². The lowest BCUT2D eigenvalue weighted by Crippen LogP contribution is -2.36. The highest BCUT2D eigenvalue weighted by atomic mass is 16.5. The topological polar surface area (TPSA) is 54.5 Å². The molecule has 22 heavy (non-hydrogen) atoms. The second-order valence-corrected chi connectivity index (χ2v) is 6.78. The molecule has 1 amide bonds. The number of carbonyl (C=O) groups is 1. The molecule has 4 rings (SSSR count). The van der Waals surface area contributed by atoms with Gasteiger partial charge in [0.25, 0.3) is 0 Å². The highest BCUT2D eigenvalue weighted by Crippen LogP contribution is 2.48. The smallest absolute Gasteiger partial charge is 0.227 e. The summed E-state index contributed by atoms with van der Waals surface area (Å²) in [5, 5.41) is 3.05. The van der Waals surface area contributed by atoms with E-state index in [0.717, 1.165) is 50.1 Å². The number of fused-ring (bicyclic) bond motifs is 2. The van der Waals surface area contributed by atoms with Crippen LogP contribution in [0.15, 0.2) is 18.3 Å². The zero-order chi connectivity index (χ0) is 14.9. The van der Waals surface area contributed by atoms with Crippen LogP contribution in [0, 0.1) is 17.8 Å². The summed E-state index contributed by atoms with van der Waals surface area (Å²) < 4.78 is 5.35. The van der Waals surface area contributed by atoms with Gasteiger partial charge in [-0.25, -0.2) is 4.98 Å². The molecule has 0 radical (unpaired) electrons. The van der Waals surface area contributed by atoms with Crippen molar-refractivity contribution in [2.75, 3.05) is 36.5 Å². The van der Waals surface area contributed by atoms with Gasteiger partial charge in [-0.3, -0.25) is 4.79 Å². The molecule has 3 aliphatic rings. The molecule has 5 nitrogen and oxygen atoms in total. The van der Waals surface area contributed by atoms with Crippen LogP contribution in [0.5, 0.6) is 0 Å². The van der Waals surface area contributed by atoms with E-state index in [9.17, 15) is 4.79 Å². The fourth-order valence-corrected chi connectivity index (χ4v) is 4.24. The van der Waals surface area contributed by atoms with Gasteiger partial charge >= 0.3 is 0 Å². The number of hydrogen-bond donors (Lipinski definition) is 1. The zero-order valence-corrected chi connectivity index (χ0v) is 12.8. The number of nitrogens with zero attached hydrogens (tertiary/aromatic N) is 2. The first-order chi connectivity index (χ1) is 10.8. The van der Waals surface area contributed by atoms with Crippen molar-refractivity contribution in [1.29, 1.82) is 0 Å². The average Bonchev–Trinajstić information content (AvgIpc) is 3.19. The van der Waals surface area contributed by atoms with Gasteiger partial charge in [0.15, 0.2) is 0 Å². The molecule has 3 fully saturated rings. The van der Waals surface area contributed by atoms with Crippen LogP contribution >= 0.6 is 0 Å². The third-order valence-corrected chi connectivity index (χ3v) is 5.43. The standard InChI is InChI=1S/C17H23N3O2/c21-17(15-10-12-1-2-13(15)9-12)19-14-3-4-16(18-11-14)20-5-7-22-8-6-20/h3-4,11-13,15H,1-2,5-10H2,(H,19,21). The summed E-state index contributed by atoms with van der Waals surface area (Å²) in [7, 11) is 0. The number of pyridine rings is 1. The van der Waals surface area contributed by atoms with E-state index in [2.05, 4.69) is 15.2 Å². The van der Waals surface area contributed by atoms with Crippen molar-refractivity contribution in [3.05, 3.63) is 18.3 Å². The van der Waals surface area contributed by atoms with Crippen molar-refractivity contribution >= 4 is 17.4 Å². The van der Waals surface area contributed by atoms with Gasteiger partial charge in [-0.2, -0.15) is 0 Å². The summed E-state index contributed by atoms with van der Waals surface area (Å²) in [6.45, 7) is 3.27. The van der Waals surface area contributed by atoms with E-state index in [1.54, 1.807) is 6.20 Å². The van der Waals surface area contributed by atoms with Crippen molar-refractivity contribution in [3.63, 3.8) is 0 Å². The highest BCUT2D eigenvalue weighted by Gasteiger charge is 2.43. The summed E-state index contributed by atoms with van der Waals surface area (Å²) in [6.07, 6.45) is 6.67. The Morgan fingerprint density at radius 2 is 2.09 bits per heavy atom. The number of morpholine rings is 1. The Balaban J connectivity index is 1.37. The first kappa shape index (κ1) is 14.0. The third-order valence-electron chi connectivity index (χ3n) is 5.43. The maximum Gasteiger partial charge on any atom is 0.227 e. The van der Waals surface area contributed by atoms with Gasteiger partial charge in [0.1, 0.15) is 5.82 Å². The van der Waals surface area contributed by atoms with Crippen LogP contribution in [0.2, 0.25) is 0 Å². The number of nitrogens with one attached hydrogen (secondary N) is 1. The first-order valence-corrected chi connectivity index (χ1v) is 8.39. The second kappa shape index (κ2) is 5.88. The Bertz CT molecular complexity index is 539. The molecule has 2 bridgehead atoms. The minimum atomic E-state index is 0.188. The Labute approximate surface area is 131 Å². The zero-order valence-electron chi connectivity index (χ0n) is 12.8. The average molecular weight is 301 g/mol. The van der Waals surface area contributed by atoms with Crippen LogP contribution in [-0.2, 0) is 9.53 Å². The van der Waals surface area contributed by atoms with Crippen LogP contribution in [0.25, 0.3) is 0 Å². The molecule has 1 aliphatic heterocycles. The van der Waals surface area contributed by atoms with Gasteiger partial charge in [0.2, 0.25) is 5.91 Å². The SMILES string of the molecule is O=C(Nc1ccc(N2CCOCC2)nc1)C1CC2CCC1C2. The van der Waals surface area contributed by atoms with E-state index in [0.29, 0.717) is 5.92 Å².